The fraction of sp³-hybridized carbons (Fsp3) is 0.267. The zero-order valence-electron chi connectivity index (χ0n) is 11.2. The van der Waals surface area contributed by atoms with Gasteiger partial charge in [-0.2, -0.15) is 0 Å². The topological polar surface area (TPSA) is 62.3 Å². The molecule has 1 atom stereocenters. The number of amides is 1. The molecule has 1 unspecified atom stereocenters. The third kappa shape index (κ3) is 1.91. The Morgan fingerprint density at radius 2 is 2.35 bits per heavy atom. The van der Waals surface area contributed by atoms with Crippen molar-refractivity contribution in [2.24, 2.45) is 0 Å². The fourth-order valence-electron chi connectivity index (χ4n) is 2.65. The number of carbonyl (C=O) groups is 2. The number of dihydropyridines is 1. The van der Waals surface area contributed by atoms with Crippen molar-refractivity contribution in [2.45, 2.75) is 19.5 Å². The third-order valence-corrected chi connectivity index (χ3v) is 3.86. The summed E-state index contributed by atoms with van der Waals surface area (Å²) in [7, 11) is 0. The van der Waals surface area contributed by atoms with E-state index in [2.05, 4.69) is 10.3 Å². The minimum Gasteiger partial charge on any atom is -0.387 e. The highest BCUT2D eigenvalue weighted by molar-refractivity contribution is 6.00. The van der Waals surface area contributed by atoms with Crippen LogP contribution >= 0.6 is 0 Å². The molecular weight excluding hydrogens is 254 g/mol. The van der Waals surface area contributed by atoms with Crippen LogP contribution in [0.4, 0.5) is 0 Å². The summed E-state index contributed by atoms with van der Waals surface area (Å²) in [6.07, 6.45) is 8.06. The van der Waals surface area contributed by atoms with Crippen LogP contribution in [0, 0.1) is 0 Å². The number of rotatable bonds is 3. The Morgan fingerprint density at radius 1 is 1.50 bits per heavy atom. The number of aldehydes is 1. The largest absolute Gasteiger partial charge is 0.387 e. The molecule has 3 rings (SSSR count). The second-order valence-corrected chi connectivity index (χ2v) is 4.93. The summed E-state index contributed by atoms with van der Waals surface area (Å²) < 4.78 is 0. The van der Waals surface area contributed by atoms with Gasteiger partial charge < -0.3 is 10.2 Å². The van der Waals surface area contributed by atoms with E-state index in [0.717, 1.165) is 17.7 Å². The maximum Gasteiger partial charge on any atom is 0.255 e. The summed E-state index contributed by atoms with van der Waals surface area (Å²) in [5.74, 6) is -0.0338. The van der Waals surface area contributed by atoms with Gasteiger partial charge in [0.1, 0.15) is 5.69 Å². The average Bonchev–Trinajstić information content (AvgIpc) is 2.85. The summed E-state index contributed by atoms with van der Waals surface area (Å²) in [6.45, 7) is 3.18. The molecule has 1 N–H and O–H groups in total. The van der Waals surface area contributed by atoms with E-state index in [0.29, 0.717) is 24.1 Å². The summed E-state index contributed by atoms with van der Waals surface area (Å²) >= 11 is 0. The number of hydrogen-bond acceptors (Lipinski definition) is 4. The van der Waals surface area contributed by atoms with Gasteiger partial charge in [0, 0.05) is 30.4 Å². The van der Waals surface area contributed by atoms with Crippen LogP contribution in [-0.2, 0) is 6.54 Å². The quantitative estimate of drug-likeness (QED) is 0.840. The lowest BCUT2D eigenvalue weighted by molar-refractivity contribution is 0.0739. The Hall–Kier alpha value is -2.43. The fourth-order valence-corrected chi connectivity index (χ4v) is 2.65. The van der Waals surface area contributed by atoms with E-state index in [1.807, 2.05) is 25.3 Å². The van der Waals surface area contributed by atoms with Crippen molar-refractivity contribution >= 4 is 12.2 Å². The number of nitrogens with zero attached hydrogens (tertiary/aromatic N) is 2. The molecule has 2 aliphatic heterocycles. The van der Waals surface area contributed by atoms with Crippen LogP contribution in [0.3, 0.4) is 0 Å². The van der Waals surface area contributed by atoms with Gasteiger partial charge >= 0.3 is 0 Å². The highest BCUT2D eigenvalue weighted by Gasteiger charge is 2.33. The van der Waals surface area contributed by atoms with E-state index >= 15 is 0 Å². The molecule has 0 radical (unpaired) electrons. The van der Waals surface area contributed by atoms with E-state index in [-0.39, 0.29) is 11.9 Å². The molecule has 5 heteroatoms. The molecular formula is C15H15N3O2. The Labute approximate surface area is 117 Å². The van der Waals surface area contributed by atoms with E-state index < -0.39 is 0 Å². The van der Waals surface area contributed by atoms with Gasteiger partial charge in [-0.15, -0.1) is 0 Å². The standard InChI is InChI=1S/C15H15N3O2/c1-10(11-3-2-5-16-7-11)18-8-13-12(15(18)20)4-6-17-14(13)9-19/h2-6,9-10,16H,7-8H2,1H3. The average molecular weight is 269 g/mol. The van der Waals surface area contributed by atoms with Crippen molar-refractivity contribution in [3.05, 3.63) is 53.0 Å². The second-order valence-electron chi connectivity index (χ2n) is 4.93. The Kier molecular flexibility index (Phi) is 3.10. The molecule has 0 saturated carbocycles. The first kappa shape index (κ1) is 12.6. The second kappa shape index (κ2) is 4.92. The van der Waals surface area contributed by atoms with Gasteiger partial charge in [0.05, 0.1) is 6.04 Å². The molecule has 0 saturated heterocycles. The van der Waals surface area contributed by atoms with Crippen LogP contribution in [0.1, 0.15) is 33.3 Å². The number of carbonyl (C=O) groups excluding carboxylic acids is 2. The molecule has 1 amide bonds. The first-order valence-electron chi connectivity index (χ1n) is 6.55. The molecule has 1 aromatic rings. The highest BCUT2D eigenvalue weighted by atomic mass is 16.2. The monoisotopic (exact) mass is 269 g/mol. The van der Waals surface area contributed by atoms with Crippen LogP contribution in [0.15, 0.2) is 36.2 Å². The van der Waals surface area contributed by atoms with Crippen LogP contribution in [0.2, 0.25) is 0 Å². The third-order valence-electron chi connectivity index (χ3n) is 3.86. The van der Waals surface area contributed by atoms with Crippen LogP contribution in [0.5, 0.6) is 0 Å². The molecule has 5 nitrogen and oxygen atoms in total. The van der Waals surface area contributed by atoms with Crippen LogP contribution in [-0.4, -0.2) is 34.7 Å². The molecule has 1 aromatic heterocycles. The number of nitrogens with one attached hydrogen (secondary N) is 1. The lowest BCUT2D eigenvalue weighted by Crippen LogP contribution is -2.37. The molecule has 3 heterocycles. The summed E-state index contributed by atoms with van der Waals surface area (Å²) in [5.41, 5.74) is 2.84. The highest BCUT2D eigenvalue weighted by Crippen LogP contribution is 2.28. The molecule has 0 fully saturated rings. The normalized spacial score (nSPS) is 18.4. The first-order chi connectivity index (χ1) is 9.72. The van der Waals surface area contributed by atoms with Gasteiger partial charge in [-0.1, -0.05) is 6.08 Å². The van der Waals surface area contributed by atoms with Gasteiger partial charge in [0.25, 0.3) is 5.91 Å². The number of allylic oxidation sites excluding steroid dienone is 2. The van der Waals surface area contributed by atoms with Gasteiger partial charge in [-0.05, 0) is 30.8 Å². The lowest BCUT2D eigenvalue weighted by atomic mass is 10.1. The van der Waals surface area contributed by atoms with Crippen molar-refractivity contribution < 1.29 is 9.59 Å². The van der Waals surface area contributed by atoms with E-state index in [4.69, 9.17) is 0 Å². The van der Waals surface area contributed by atoms with Gasteiger partial charge in [-0.3, -0.25) is 14.6 Å². The molecule has 2 aliphatic rings. The maximum absolute atomic E-state index is 12.5. The Balaban J connectivity index is 1.91. The van der Waals surface area contributed by atoms with Crippen molar-refractivity contribution in [1.82, 2.24) is 15.2 Å². The predicted molar refractivity (Wildman–Crippen MR) is 74.2 cm³/mol. The Bertz CT molecular complexity index is 634. The van der Waals surface area contributed by atoms with Crippen molar-refractivity contribution in [1.29, 1.82) is 0 Å². The van der Waals surface area contributed by atoms with Gasteiger partial charge in [0.15, 0.2) is 6.29 Å². The zero-order chi connectivity index (χ0) is 14.1. The first-order valence-corrected chi connectivity index (χ1v) is 6.55. The summed E-state index contributed by atoms with van der Waals surface area (Å²) in [5, 5.41) is 3.14. The van der Waals surface area contributed by atoms with Gasteiger partial charge in [-0.25, -0.2) is 0 Å². The molecule has 0 bridgehead atoms. The molecule has 20 heavy (non-hydrogen) atoms. The van der Waals surface area contributed by atoms with Crippen molar-refractivity contribution in [3.8, 4) is 0 Å². The van der Waals surface area contributed by atoms with Crippen LogP contribution in [0.25, 0.3) is 0 Å². The van der Waals surface area contributed by atoms with Crippen molar-refractivity contribution in [2.75, 3.05) is 6.54 Å². The number of aromatic nitrogens is 1. The molecule has 102 valence electrons. The summed E-state index contributed by atoms with van der Waals surface area (Å²) in [4.78, 5) is 29.3. The minimum absolute atomic E-state index is 0.00754. The van der Waals surface area contributed by atoms with Gasteiger partial charge in [0.2, 0.25) is 0 Å². The zero-order valence-corrected chi connectivity index (χ0v) is 11.2. The van der Waals surface area contributed by atoms with Crippen molar-refractivity contribution in [3.63, 3.8) is 0 Å². The SMILES string of the molecule is CC(C1=CC=CNC1)N1Cc2c(ccnc2C=O)C1=O. The molecule has 0 aliphatic carbocycles. The lowest BCUT2D eigenvalue weighted by Gasteiger charge is -2.27. The molecule has 0 spiro atoms. The maximum atomic E-state index is 12.5. The number of pyridine rings is 1. The van der Waals surface area contributed by atoms with E-state index in [1.165, 1.54) is 6.20 Å². The smallest absolute Gasteiger partial charge is 0.255 e. The van der Waals surface area contributed by atoms with E-state index in [9.17, 15) is 9.59 Å². The Morgan fingerprint density at radius 3 is 3.05 bits per heavy atom. The minimum atomic E-state index is -0.0338. The molecule has 0 aromatic carbocycles. The summed E-state index contributed by atoms with van der Waals surface area (Å²) in [6, 6.07) is 1.68. The van der Waals surface area contributed by atoms with Crippen LogP contribution < -0.4 is 5.32 Å². The number of fused-ring (bicyclic) bond motifs is 1. The number of hydrogen-bond donors (Lipinski definition) is 1. The van der Waals surface area contributed by atoms with E-state index in [1.54, 1.807) is 11.0 Å². The predicted octanol–water partition coefficient (Wildman–Crippen LogP) is 1.28.